The second kappa shape index (κ2) is 8.27. The third kappa shape index (κ3) is 4.58. The molecule has 6 heteroatoms. The van der Waals surface area contributed by atoms with Gasteiger partial charge in [0, 0.05) is 17.5 Å². The van der Waals surface area contributed by atoms with E-state index >= 15 is 0 Å². The van der Waals surface area contributed by atoms with E-state index in [0.29, 0.717) is 22.9 Å². The molecule has 2 aromatic carbocycles. The summed E-state index contributed by atoms with van der Waals surface area (Å²) in [6.45, 7) is 1.44. The second-order valence-electron chi connectivity index (χ2n) is 6.22. The van der Waals surface area contributed by atoms with E-state index in [0.717, 1.165) is 17.7 Å². The van der Waals surface area contributed by atoms with Crippen molar-refractivity contribution in [2.24, 2.45) is 0 Å². The lowest BCUT2D eigenvalue weighted by molar-refractivity contribution is -0.114. The first-order chi connectivity index (χ1) is 12.5. The minimum Gasteiger partial charge on any atom is -0.495 e. The van der Waals surface area contributed by atoms with E-state index in [4.69, 9.17) is 4.74 Å². The van der Waals surface area contributed by atoms with Crippen LogP contribution in [0.5, 0.6) is 5.75 Å². The second-order valence-corrected chi connectivity index (χ2v) is 7.27. The molecule has 0 aromatic heterocycles. The molecule has 0 spiro atoms. The average molecular weight is 370 g/mol. The van der Waals surface area contributed by atoms with Gasteiger partial charge in [-0.25, -0.2) is 0 Å². The van der Waals surface area contributed by atoms with Crippen molar-refractivity contribution < 1.29 is 14.3 Å². The zero-order valence-electron chi connectivity index (χ0n) is 14.9. The average Bonchev–Trinajstić information content (AvgIpc) is 3.07. The maximum Gasteiger partial charge on any atom is 0.234 e. The third-order valence-corrected chi connectivity index (χ3v) is 5.23. The van der Waals surface area contributed by atoms with Gasteiger partial charge in [0.15, 0.2) is 0 Å². The Balaban J connectivity index is 1.63. The predicted molar refractivity (Wildman–Crippen MR) is 105 cm³/mol. The van der Waals surface area contributed by atoms with Gasteiger partial charge < -0.3 is 15.4 Å². The maximum atomic E-state index is 12.3. The maximum absolute atomic E-state index is 12.3. The Labute approximate surface area is 157 Å². The number of hydrogen-bond donors (Lipinski definition) is 2. The number of nitrogens with one attached hydrogen (secondary N) is 2. The quantitative estimate of drug-likeness (QED) is 0.758. The summed E-state index contributed by atoms with van der Waals surface area (Å²) in [4.78, 5) is 24.7. The topological polar surface area (TPSA) is 67.4 Å². The van der Waals surface area contributed by atoms with Gasteiger partial charge in [-0.05, 0) is 60.7 Å². The Morgan fingerprint density at radius 1 is 1.08 bits per heavy atom. The standard InChI is InChI=1S/C20H22N2O3S/c1-13(23)21-16-7-9-19(25-2)18(11-16)22-20(24)12-26-17-8-6-14-4-3-5-15(14)10-17/h6-11H,3-5,12H2,1-2H3,(H,21,23)(H,22,24). The van der Waals surface area contributed by atoms with Crippen molar-refractivity contribution in [3.05, 3.63) is 47.5 Å². The molecule has 0 unspecified atom stereocenters. The summed E-state index contributed by atoms with van der Waals surface area (Å²) >= 11 is 1.52. The zero-order chi connectivity index (χ0) is 18.5. The molecule has 2 amide bonds. The van der Waals surface area contributed by atoms with E-state index in [-0.39, 0.29) is 11.8 Å². The van der Waals surface area contributed by atoms with Gasteiger partial charge >= 0.3 is 0 Å². The zero-order valence-corrected chi connectivity index (χ0v) is 15.7. The van der Waals surface area contributed by atoms with Crippen LogP contribution in [0.15, 0.2) is 41.3 Å². The molecule has 1 aliphatic carbocycles. The minimum atomic E-state index is -0.167. The molecule has 0 saturated carbocycles. The Morgan fingerprint density at radius 2 is 1.88 bits per heavy atom. The fourth-order valence-corrected chi connectivity index (χ4v) is 3.82. The largest absolute Gasteiger partial charge is 0.495 e. The van der Waals surface area contributed by atoms with Crippen molar-refractivity contribution in [3.63, 3.8) is 0 Å². The molecule has 2 aromatic rings. The van der Waals surface area contributed by atoms with Gasteiger partial charge in [-0.2, -0.15) is 0 Å². The molecule has 0 saturated heterocycles. The molecule has 0 radical (unpaired) electrons. The van der Waals surface area contributed by atoms with Gasteiger partial charge in [0.1, 0.15) is 5.75 Å². The Bertz CT molecular complexity index is 836. The van der Waals surface area contributed by atoms with Crippen molar-refractivity contribution >= 4 is 35.0 Å². The third-order valence-electron chi connectivity index (χ3n) is 4.23. The first-order valence-corrected chi connectivity index (χ1v) is 9.54. The lowest BCUT2D eigenvalue weighted by atomic mass is 10.1. The lowest BCUT2D eigenvalue weighted by Crippen LogP contribution is -2.15. The van der Waals surface area contributed by atoms with Crippen LogP contribution in [0, 0.1) is 0 Å². The molecule has 0 bridgehead atoms. The lowest BCUT2D eigenvalue weighted by Gasteiger charge is -2.12. The Hall–Kier alpha value is -2.47. The van der Waals surface area contributed by atoms with E-state index in [2.05, 4.69) is 28.8 Å². The van der Waals surface area contributed by atoms with Crippen molar-refractivity contribution in [2.75, 3.05) is 23.5 Å². The van der Waals surface area contributed by atoms with Gasteiger partial charge in [0.05, 0.1) is 18.6 Å². The summed E-state index contributed by atoms with van der Waals surface area (Å²) in [6, 6.07) is 11.6. The van der Waals surface area contributed by atoms with Gasteiger partial charge in [0.25, 0.3) is 0 Å². The fourth-order valence-electron chi connectivity index (χ4n) is 3.06. The van der Waals surface area contributed by atoms with E-state index in [9.17, 15) is 9.59 Å². The van der Waals surface area contributed by atoms with Crippen LogP contribution in [0.3, 0.4) is 0 Å². The highest BCUT2D eigenvalue weighted by Crippen LogP contribution is 2.30. The van der Waals surface area contributed by atoms with E-state index in [1.807, 2.05) is 0 Å². The number of carbonyl (C=O) groups is 2. The Morgan fingerprint density at radius 3 is 2.65 bits per heavy atom. The number of aryl methyl sites for hydroxylation is 2. The minimum absolute atomic E-state index is 0.117. The molecule has 5 nitrogen and oxygen atoms in total. The normalized spacial score (nSPS) is 12.4. The summed E-state index contributed by atoms with van der Waals surface area (Å²) in [6.07, 6.45) is 3.50. The van der Waals surface area contributed by atoms with Crippen LogP contribution in [-0.2, 0) is 22.4 Å². The molecule has 0 fully saturated rings. The number of methoxy groups -OCH3 is 1. The number of thioether (sulfide) groups is 1. The first-order valence-electron chi connectivity index (χ1n) is 8.55. The molecule has 3 rings (SSSR count). The highest BCUT2D eigenvalue weighted by molar-refractivity contribution is 8.00. The summed E-state index contributed by atoms with van der Waals surface area (Å²) in [7, 11) is 1.54. The molecular weight excluding hydrogens is 348 g/mol. The molecule has 0 aliphatic heterocycles. The van der Waals surface area contributed by atoms with Crippen LogP contribution in [0.2, 0.25) is 0 Å². The predicted octanol–water partition coefficient (Wildman–Crippen LogP) is 3.87. The summed E-state index contributed by atoms with van der Waals surface area (Å²) < 4.78 is 5.29. The monoisotopic (exact) mass is 370 g/mol. The number of benzene rings is 2. The molecule has 136 valence electrons. The molecular formula is C20H22N2O3S. The Kier molecular flexibility index (Phi) is 5.83. The molecule has 0 heterocycles. The number of fused-ring (bicyclic) bond motifs is 1. The van der Waals surface area contributed by atoms with Crippen LogP contribution < -0.4 is 15.4 Å². The smallest absolute Gasteiger partial charge is 0.234 e. The van der Waals surface area contributed by atoms with Crippen LogP contribution >= 0.6 is 11.8 Å². The summed E-state index contributed by atoms with van der Waals surface area (Å²) in [5.41, 5.74) is 3.98. The number of hydrogen-bond acceptors (Lipinski definition) is 4. The highest BCUT2D eigenvalue weighted by atomic mass is 32.2. The van der Waals surface area contributed by atoms with E-state index in [1.165, 1.54) is 36.2 Å². The number of amides is 2. The van der Waals surface area contributed by atoms with Gasteiger partial charge in [-0.3, -0.25) is 9.59 Å². The molecule has 0 atom stereocenters. The molecule has 1 aliphatic rings. The van der Waals surface area contributed by atoms with Crippen molar-refractivity contribution in [1.29, 1.82) is 0 Å². The van der Waals surface area contributed by atoms with Crippen molar-refractivity contribution in [1.82, 2.24) is 0 Å². The van der Waals surface area contributed by atoms with Crippen molar-refractivity contribution in [3.8, 4) is 5.75 Å². The number of anilines is 2. The van der Waals surface area contributed by atoms with Crippen LogP contribution in [0.1, 0.15) is 24.5 Å². The van der Waals surface area contributed by atoms with Crippen LogP contribution in [0.25, 0.3) is 0 Å². The molecule has 26 heavy (non-hydrogen) atoms. The summed E-state index contributed by atoms with van der Waals surface area (Å²) in [5, 5.41) is 5.56. The van der Waals surface area contributed by atoms with Crippen molar-refractivity contribution in [2.45, 2.75) is 31.1 Å². The van der Waals surface area contributed by atoms with E-state index in [1.54, 1.807) is 25.3 Å². The number of carbonyl (C=O) groups excluding carboxylic acids is 2. The SMILES string of the molecule is COc1ccc(NC(C)=O)cc1NC(=O)CSc1ccc2c(c1)CCC2. The number of rotatable bonds is 6. The van der Waals surface area contributed by atoms with E-state index < -0.39 is 0 Å². The summed E-state index contributed by atoms with van der Waals surface area (Å²) in [5.74, 6) is 0.579. The number of ether oxygens (including phenoxy) is 1. The van der Waals surface area contributed by atoms with Gasteiger partial charge in [-0.15, -0.1) is 11.8 Å². The highest BCUT2D eigenvalue weighted by Gasteiger charge is 2.13. The molecule has 2 N–H and O–H groups in total. The van der Waals surface area contributed by atoms with Gasteiger partial charge in [0.2, 0.25) is 11.8 Å². The first kappa shape index (κ1) is 18.3. The fraction of sp³-hybridized carbons (Fsp3) is 0.300. The van der Waals surface area contributed by atoms with Crippen LogP contribution in [-0.4, -0.2) is 24.7 Å². The van der Waals surface area contributed by atoms with Gasteiger partial charge in [-0.1, -0.05) is 6.07 Å². The van der Waals surface area contributed by atoms with Crippen LogP contribution in [0.4, 0.5) is 11.4 Å².